The number of methoxy groups -OCH3 is 1. The Labute approximate surface area is 131 Å². The Morgan fingerprint density at radius 1 is 1.30 bits per heavy atom. The van der Waals surface area contributed by atoms with Gasteiger partial charge in [0.15, 0.2) is 0 Å². The van der Waals surface area contributed by atoms with Crippen LogP contribution in [0.2, 0.25) is 0 Å². The van der Waals surface area contributed by atoms with Crippen LogP contribution < -0.4 is 5.32 Å². The van der Waals surface area contributed by atoms with Crippen LogP contribution in [0.15, 0.2) is 40.9 Å². The molecule has 0 saturated carbocycles. The Hall–Kier alpha value is -1.17. The van der Waals surface area contributed by atoms with Crippen LogP contribution in [-0.2, 0) is 4.74 Å². The molecule has 1 atom stereocenters. The van der Waals surface area contributed by atoms with Gasteiger partial charge >= 0.3 is 0 Å². The summed E-state index contributed by atoms with van der Waals surface area (Å²) >= 11 is 4.91. The summed E-state index contributed by atoms with van der Waals surface area (Å²) in [6, 6.07) is 11.9. The van der Waals surface area contributed by atoms with E-state index in [0.717, 1.165) is 14.9 Å². The van der Waals surface area contributed by atoms with Gasteiger partial charge in [0, 0.05) is 22.5 Å². The predicted molar refractivity (Wildman–Crippen MR) is 86.3 cm³/mol. The second-order valence-corrected chi connectivity index (χ2v) is 6.50. The molecule has 2 aromatic rings. The highest BCUT2D eigenvalue weighted by Gasteiger charge is 2.12. The van der Waals surface area contributed by atoms with Crippen molar-refractivity contribution in [3.05, 3.63) is 45.7 Å². The number of thiophene rings is 1. The fourth-order valence-electron chi connectivity index (χ4n) is 1.82. The second kappa shape index (κ2) is 7.02. The highest BCUT2D eigenvalue weighted by molar-refractivity contribution is 9.10. The molecule has 3 nitrogen and oxygen atoms in total. The highest BCUT2D eigenvalue weighted by Crippen LogP contribution is 2.29. The number of amides is 1. The standard InChI is InChI=1S/C15H16BrNO2S/c1-10(9-19-2)17-15(18)14-8-7-13(20-14)11-3-5-12(16)6-4-11/h3-8,10H,9H2,1-2H3,(H,17,18). The van der Waals surface area contributed by atoms with Gasteiger partial charge in [-0.05, 0) is 36.8 Å². The molecule has 0 fully saturated rings. The molecule has 1 aromatic heterocycles. The summed E-state index contributed by atoms with van der Waals surface area (Å²) in [6.45, 7) is 2.43. The van der Waals surface area contributed by atoms with E-state index in [2.05, 4.69) is 21.2 Å². The van der Waals surface area contributed by atoms with Gasteiger partial charge in [0.25, 0.3) is 5.91 Å². The van der Waals surface area contributed by atoms with Gasteiger partial charge < -0.3 is 10.1 Å². The molecule has 106 valence electrons. The molecule has 2 rings (SSSR count). The number of halogens is 1. The third-order valence-corrected chi connectivity index (χ3v) is 4.41. The largest absolute Gasteiger partial charge is 0.383 e. The van der Waals surface area contributed by atoms with Crippen molar-refractivity contribution in [2.75, 3.05) is 13.7 Å². The summed E-state index contributed by atoms with van der Waals surface area (Å²) in [4.78, 5) is 13.9. The summed E-state index contributed by atoms with van der Waals surface area (Å²) in [5.74, 6) is -0.0529. The third kappa shape index (κ3) is 3.91. The fourth-order valence-corrected chi connectivity index (χ4v) is 2.99. The molecule has 5 heteroatoms. The zero-order chi connectivity index (χ0) is 14.5. The fraction of sp³-hybridized carbons (Fsp3) is 0.267. The Morgan fingerprint density at radius 2 is 2.00 bits per heavy atom. The van der Waals surface area contributed by atoms with Crippen molar-refractivity contribution in [2.24, 2.45) is 0 Å². The molecular weight excluding hydrogens is 338 g/mol. The summed E-state index contributed by atoms with van der Waals surface area (Å²) in [7, 11) is 1.62. The molecular formula is C15H16BrNO2S. The van der Waals surface area contributed by atoms with Crippen molar-refractivity contribution in [2.45, 2.75) is 13.0 Å². The van der Waals surface area contributed by atoms with E-state index in [9.17, 15) is 4.79 Å². The zero-order valence-corrected chi connectivity index (χ0v) is 13.8. The Kier molecular flexibility index (Phi) is 5.34. The SMILES string of the molecule is COCC(C)NC(=O)c1ccc(-c2ccc(Br)cc2)s1. The minimum Gasteiger partial charge on any atom is -0.383 e. The molecule has 0 bridgehead atoms. The molecule has 0 aliphatic heterocycles. The van der Waals surface area contributed by atoms with E-state index in [1.54, 1.807) is 7.11 Å². The molecule has 0 aliphatic rings. The van der Waals surface area contributed by atoms with E-state index in [-0.39, 0.29) is 11.9 Å². The van der Waals surface area contributed by atoms with E-state index < -0.39 is 0 Å². The minimum atomic E-state index is -0.0529. The van der Waals surface area contributed by atoms with Crippen molar-refractivity contribution in [1.29, 1.82) is 0 Å². The van der Waals surface area contributed by atoms with Crippen LogP contribution in [0.5, 0.6) is 0 Å². The van der Waals surface area contributed by atoms with Gasteiger partial charge in [-0.15, -0.1) is 11.3 Å². The van der Waals surface area contributed by atoms with Crippen LogP contribution in [-0.4, -0.2) is 25.7 Å². The van der Waals surface area contributed by atoms with Crippen molar-refractivity contribution < 1.29 is 9.53 Å². The number of rotatable bonds is 5. The van der Waals surface area contributed by atoms with Gasteiger partial charge in [-0.25, -0.2) is 0 Å². The first-order chi connectivity index (χ1) is 9.60. The number of hydrogen-bond acceptors (Lipinski definition) is 3. The third-order valence-electron chi connectivity index (χ3n) is 2.75. The lowest BCUT2D eigenvalue weighted by molar-refractivity contribution is 0.0909. The van der Waals surface area contributed by atoms with Gasteiger partial charge in [-0.1, -0.05) is 28.1 Å². The smallest absolute Gasteiger partial charge is 0.261 e. The van der Waals surface area contributed by atoms with E-state index in [4.69, 9.17) is 4.74 Å². The monoisotopic (exact) mass is 353 g/mol. The summed E-state index contributed by atoms with van der Waals surface area (Å²) in [6.07, 6.45) is 0. The van der Waals surface area contributed by atoms with Crippen molar-refractivity contribution in [3.8, 4) is 10.4 Å². The molecule has 1 unspecified atom stereocenters. The number of nitrogens with one attached hydrogen (secondary N) is 1. The van der Waals surface area contributed by atoms with E-state index in [1.165, 1.54) is 11.3 Å². The van der Waals surface area contributed by atoms with Crippen LogP contribution in [0.1, 0.15) is 16.6 Å². The highest BCUT2D eigenvalue weighted by atomic mass is 79.9. The van der Waals surface area contributed by atoms with Gasteiger partial charge in [-0.3, -0.25) is 4.79 Å². The lowest BCUT2D eigenvalue weighted by Crippen LogP contribution is -2.35. The number of carbonyl (C=O) groups is 1. The first-order valence-corrected chi connectivity index (χ1v) is 7.86. The van der Waals surface area contributed by atoms with Crippen LogP contribution in [0.25, 0.3) is 10.4 Å². The maximum Gasteiger partial charge on any atom is 0.261 e. The predicted octanol–water partition coefficient (Wildman–Crippen LogP) is 3.94. The maximum absolute atomic E-state index is 12.1. The lowest BCUT2D eigenvalue weighted by Gasteiger charge is -2.11. The Bertz CT molecular complexity index is 580. The van der Waals surface area contributed by atoms with Gasteiger partial charge in [-0.2, -0.15) is 0 Å². The van der Waals surface area contributed by atoms with Crippen molar-refractivity contribution in [1.82, 2.24) is 5.32 Å². The average Bonchev–Trinajstić information content (AvgIpc) is 2.89. The van der Waals surface area contributed by atoms with Gasteiger partial charge in [0.2, 0.25) is 0 Å². The molecule has 1 N–H and O–H groups in total. The minimum absolute atomic E-state index is 0.00531. The molecule has 1 heterocycles. The molecule has 20 heavy (non-hydrogen) atoms. The quantitative estimate of drug-likeness (QED) is 0.883. The van der Waals surface area contributed by atoms with E-state index >= 15 is 0 Å². The zero-order valence-electron chi connectivity index (χ0n) is 11.4. The van der Waals surface area contributed by atoms with E-state index in [1.807, 2.05) is 43.3 Å². The summed E-state index contributed by atoms with van der Waals surface area (Å²) < 4.78 is 6.06. The molecule has 0 spiro atoms. The summed E-state index contributed by atoms with van der Waals surface area (Å²) in [5.41, 5.74) is 1.11. The topological polar surface area (TPSA) is 38.3 Å². The molecule has 0 saturated heterocycles. The number of carbonyl (C=O) groups excluding carboxylic acids is 1. The van der Waals surface area contributed by atoms with Crippen LogP contribution in [0.4, 0.5) is 0 Å². The van der Waals surface area contributed by atoms with Crippen LogP contribution in [0.3, 0.4) is 0 Å². The normalized spacial score (nSPS) is 12.2. The number of benzene rings is 1. The maximum atomic E-state index is 12.1. The van der Waals surface area contributed by atoms with Crippen molar-refractivity contribution >= 4 is 33.2 Å². The second-order valence-electron chi connectivity index (χ2n) is 4.50. The van der Waals surface area contributed by atoms with Gasteiger partial charge in [0.05, 0.1) is 11.5 Å². The first kappa shape index (κ1) is 15.2. The Morgan fingerprint density at radius 3 is 2.65 bits per heavy atom. The molecule has 0 radical (unpaired) electrons. The van der Waals surface area contributed by atoms with Crippen molar-refractivity contribution in [3.63, 3.8) is 0 Å². The lowest BCUT2D eigenvalue weighted by atomic mass is 10.2. The summed E-state index contributed by atoms with van der Waals surface area (Å²) in [5, 5.41) is 2.91. The average molecular weight is 354 g/mol. The van der Waals surface area contributed by atoms with E-state index in [0.29, 0.717) is 11.5 Å². The molecule has 1 aromatic carbocycles. The number of ether oxygens (including phenoxy) is 1. The Balaban J connectivity index is 2.08. The molecule has 0 aliphatic carbocycles. The van der Waals surface area contributed by atoms with Crippen LogP contribution in [0, 0.1) is 0 Å². The number of hydrogen-bond donors (Lipinski definition) is 1. The molecule has 1 amide bonds. The first-order valence-electron chi connectivity index (χ1n) is 6.25. The van der Waals surface area contributed by atoms with Gasteiger partial charge in [0.1, 0.15) is 0 Å². The van der Waals surface area contributed by atoms with Crippen LogP contribution >= 0.6 is 27.3 Å².